The number of amides is 1. The molecule has 0 aliphatic rings. The van der Waals surface area contributed by atoms with E-state index in [2.05, 4.69) is 4.98 Å². The third kappa shape index (κ3) is 4.62. The van der Waals surface area contributed by atoms with E-state index in [1.807, 2.05) is 6.92 Å². The minimum absolute atomic E-state index is 0.0257. The van der Waals surface area contributed by atoms with Crippen LogP contribution in [-0.4, -0.2) is 24.9 Å². The van der Waals surface area contributed by atoms with Crippen LogP contribution in [0.2, 0.25) is 0 Å². The number of hydrogen-bond acceptors (Lipinski definition) is 4. The minimum Gasteiger partial charge on any atom is -0.326 e. The summed E-state index contributed by atoms with van der Waals surface area (Å²) in [5.41, 5.74) is 0.321. The first-order valence-electron chi connectivity index (χ1n) is 11.1. The van der Waals surface area contributed by atoms with Crippen LogP contribution >= 0.6 is 0 Å². The molecule has 0 fully saturated rings. The normalized spacial score (nSPS) is 12.0. The molecule has 0 bridgehead atoms. The average molecular weight is 478 g/mol. The molecule has 0 spiro atoms. The molecule has 2 heterocycles. The minimum atomic E-state index is -0.561. The number of carbonyl (C=O) groups excluding carboxylic acids is 1. The van der Waals surface area contributed by atoms with Crippen molar-refractivity contribution >= 4 is 16.9 Å². The van der Waals surface area contributed by atoms with Crippen molar-refractivity contribution in [2.24, 2.45) is 14.1 Å². The van der Waals surface area contributed by atoms with Gasteiger partial charge in [-0.15, -0.1) is 0 Å². The second-order valence-electron chi connectivity index (χ2n) is 8.31. The van der Waals surface area contributed by atoms with Gasteiger partial charge in [-0.25, -0.2) is 18.6 Å². The number of halogens is 2. The fraction of sp³-hybridized carbons (Fsp3) is 0.231. The van der Waals surface area contributed by atoms with Crippen LogP contribution in [0.5, 0.6) is 0 Å². The maximum Gasteiger partial charge on any atom is 0.332 e. The summed E-state index contributed by atoms with van der Waals surface area (Å²) in [5, 5.41) is 0.202. The van der Waals surface area contributed by atoms with Gasteiger partial charge >= 0.3 is 5.69 Å². The SMILES string of the molecule is CCC(c1ccc(F)cc1)N(Cc1cccc(F)c1)C(=O)c1ccc2c(=O)n(C)c(=O)n(C)c2n1. The molecule has 9 heteroatoms. The molecule has 0 aliphatic carbocycles. The van der Waals surface area contributed by atoms with Crippen LogP contribution in [0.15, 0.2) is 70.3 Å². The van der Waals surface area contributed by atoms with Crippen LogP contribution in [-0.2, 0) is 20.6 Å². The first-order valence-corrected chi connectivity index (χ1v) is 11.1. The molecule has 1 atom stereocenters. The van der Waals surface area contributed by atoms with Crippen LogP contribution in [0.1, 0.15) is 41.0 Å². The van der Waals surface area contributed by atoms with Gasteiger partial charge in [-0.1, -0.05) is 31.2 Å². The largest absolute Gasteiger partial charge is 0.332 e. The molecule has 4 aromatic rings. The number of rotatable bonds is 6. The lowest BCUT2D eigenvalue weighted by Gasteiger charge is -2.32. The molecule has 0 radical (unpaired) electrons. The Kier molecular flexibility index (Phi) is 6.59. The molecule has 0 N–H and O–H groups in total. The van der Waals surface area contributed by atoms with E-state index < -0.39 is 34.8 Å². The summed E-state index contributed by atoms with van der Waals surface area (Å²) >= 11 is 0. The number of benzene rings is 2. The Morgan fingerprint density at radius 2 is 1.69 bits per heavy atom. The summed E-state index contributed by atoms with van der Waals surface area (Å²) in [5.74, 6) is -1.30. The van der Waals surface area contributed by atoms with E-state index >= 15 is 0 Å². The van der Waals surface area contributed by atoms with Crippen molar-refractivity contribution in [2.75, 3.05) is 0 Å². The van der Waals surface area contributed by atoms with E-state index in [1.165, 1.54) is 60.0 Å². The van der Waals surface area contributed by atoms with Crippen molar-refractivity contribution in [3.63, 3.8) is 0 Å². The summed E-state index contributed by atoms with van der Waals surface area (Å²) in [6.45, 7) is 1.96. The maximum absolute atomic E-state index is 13.9. The Morgan fingerprint density at radius 1 is 0.971 bits per heavy atom. The Bertz CT molecular complexity index is 1530. The van der Waals surface area contributed by atoms with Gasteiger partial charge in [0.1, 0.15) is 23.0 Å². The molecule has 1 amide bonds. The van der Waals surface area contributed by atoms with Gasteiger partial charge in [0.25, 0.3) is 11.5 Å². The van der Waals surface area contributed by atoms with Gasteiger partial charge in [0.2, 0.25) is 0 Å². The van der Waals surface area contributed by atoms with Gasteiger partial charge in [-0.2, -0.15) is 0 Å². The van der Waals surface area contributed by atoms with Crippen LogP contribution in [0, 0.1) is 11.6 Å². The zero-order valence-electron chi connectivity index (χ0n) is 19.5. The van der Waals surface area contributed by atoms with E-state index in [1.54, 1.807) is 24.3 Å². The number of hydrogen-bond donors (Lipinski definition) is 0. The molecule has 0 saturated carbocycles. The number of pyridine rings is 1. The molecule has 2 aromatic carbocycles. The Balaban J connectivity index is 1.84. The highest BCUT2D eigenvalue weighted by Gasteiger charge is 2.27. The van der Waals surface area contributed by atoms with E-state index in [-0.39, 0.29) is 23.3 Å². The number of carbonyl (C=O) groups is 1. The first kappa shape index (κ1) is 24.0. The summed E-state index contributed by atoms with van der Waals surface area (Å²) in [6, 6.07) is 14.2. The van der Waals surface area contributed by atoms with Crippen LogP contribution in [0.3, 0.4) is 0 Å². The summed E-state index contributed by atoms with van der Waals surface area (Å²) < 4.78 is 29.6. The smallest absolute Gasteiger partial charge is 0.326 e. The van der Waals surface area contributed by atoms with E-state index in [0.29, 0.717) is 17.5 Å². The van der Waals surface area contributed by atoms with Gasteiger partial charge in [0.15, 0.2) is 0 Å². The lowest BCUT2D eigenvalue weighted by Crippen LogP contribution is -2.38. The van der Waals surface area contributed by atoms with Crippen molar-refractivity contribution in [2.45, 2.75) is 25.9 Å². The Morgan fingerprint density at radius 3 is 2.34 bits per heavy atom. The zero-order chi connectivity index (χ0) is 25.3. The van der Waals surface area contributed by atoms with Gasteiger partial charge < -0.3 is 4.90 Å². The zero-order valence-corrected chi connectivity index (χ0v) is 19.5. The maximum atomic E-state index is 13.9. The monoisotopic (exact) mass is 478 g/mol. The van der Waals surface area contributed by atoms with Gasteiger partial charge in [0.05, 0.1) is 11.4 Å². The molecule has 180 valence electrons. The summed E-state index contributed by atoms with van der Waals surface area (Å²) in [6.07, 6.45) is 0.499. The molecular weight excluding hydrogens is 454 g/mol. The van der Waals surface area contributed by atoms with E-state index in [0.717, 1.165) is 4.57 Å². The predicted molar refractivity (Wildman–Crippen MR) is 128 cm³/mol. The second-order valence-corrected chi connectivity index (χ2v) is 8.31. The summed E-state index contributed by atoms with van der Waals surface area (Å²) in [7, 11) is 2.85. The molecule has 0 aliphatic heterocycles. The third-order valence-corrected chi connectivity index (χ3v) is 6.04. The highest BCUT2D eigenvalue weighted by atomic mass is 19.1. The lowest BCUT2D eigenvalue weighted by molar-refractivity contribution is 0.0646. The number of aromatic nitrogens is 3. The van der Waals surface area contributed by atoms with Gasteiger partial charge in [-0.3, -0.25) is 18.7 Å². The van der Waals surface area contributed by atoms with Crippen molar-refractivity contribution in [3.05, 3.63) is 110 Å². The predicted octanol–water partition coefficient (Wildman–Crippen LogP) is 3.70. The van der Waals surface area contributed by atoms with Crippen LogP contribution in [0.4, 0.5) is 8.78 Å². The molecule has 1 unspecified atom stereocenters. The van der Waals surface area contributed by atoms with E-state index in [4.69, 9.17) is 0 Å². The number of aryl methyl sites for hydroxylation is 1. The lowest BCUT2D eigenvalue weighted by atomic mass is 10.0. The van der Waals surface area contributed by atoms with Crippen molar-refractivity contribution in [1.29, 1.82) is 0 Å². The average Bonchev–Trinajstić information content (AvgIpc) is 2.86. The van der Waals surface area contributed by atoms with Gasteiger partial charge in [-0.05, 0) is 53.9 Å². The van der Waals surface area contributed by atoms with Crippen LogP contribution in [0.25, 0.3) is 11.0 Å². The topological polar surface area (TPSA) is 77.2 Å². The molecular formula is C26H24F2N4O3. The fourth-order valence-corrected chi connectivity index (χ4v) is 4.20. The van der Waals surface area contributed by atoms with Crippen molar-refractivity contribution < 1.29 is 13.6 Å². The third-order valence-electron chi connectivity index (χ3n) is 6.04. The molecule has 4 rings (SSSR count). The van der Waals surface area contributed by atoms with Crippen LogP contribution < -0.4 is 11.2 Å². The molecule has 0 saturated heterocycles. The fourth-order valence-electron chi connectivity index (χ4n) is 4.20. The van der Waals surface area contributed by atoms with Crippen molar-refractivity contribution in [3.8, 4) is 0 Å². The molecule has 2 aromatic heterocycles. The molecule has 35 heavy (non-hydrogen) atoms. The Hall–Kier alpha value is -4.14. The first-order chi connectivity index (χ1) is 16.7. The summed E-state index contributed by atoms with van der Waals surface area (Å²) in [4.78, 5) is 44.6. The van der Waals surface area contributed by atoms with E-state index in [9.17, 15) is 23.2 Å². The number of nitrogens with zero attached hydrogens (tertiary/aromatic N) is 4. The highest BCUT2D eigenvalue weighted by Crippen LogP contribution is 2.28. The Labute approximate surface area is 199 Å². The highest BCUT2D eigenvalue weighted by molar-refractivity contribution is 5.94. The molecule has 7 nitrogen and oxygen atoms in total. The van der Waals surface area contributed by atoms with Crippen molar-refractivity contribution in [1.82, 2.24) is 19.0 Å². The quantitative estimate of drug-likeness (QED) is 0.423. The standard InChI is InChI=1S/C26H24F2N4O3/c1-4-22(17-8-10-18(27)11-9-17)32(15-16-6-5-7-19(28)14-16)25(34)21-13-12-20-23(29-21)30(2)26(35)31(3)24(20)33/h5-14,22H,4,15H2,1-3H3. The van der Waals surface area contributed by atoms with Gasteiger partial charge in [0, 0.05) is 20.6 Å². The second kappa shape index (κ2) is 9.61. The number of fused-ring (bicyclic) bond motifs is 1.